The van der Waals surface area contributed by atoms with Crippen molar-refractivity contribution >= 4 is 49.7 Å². The van der Waals surface area contributed by atoms with E-state index in [1.165, 1.54) is 0 Å². The van der Waals surface area contributed by atoms with Crippen molar-refractivity contribution in [3.63, 3.8) is 0 Å². The molecule has 2 saturated heterocycles. The Morgan fingerprint density at radius 3 is 1.85 bits per heavy atom. The quantitative estimate of drug-likeness (QED) is 0.0654. The average molecular weight is 685 g/mol. The fourth-order valence-corrected chi connectivity index (χ4v) is 5.84. The molecule has 2 fully saturated rings. The van der Waals surface area contributed by atoms with E-state index in [2.05, 4.69) is 10.5 Å². The van der Waals surface area contributed by atoms with Gasteiger partial charge in [-0.3, -0.25) is 0 Å². The van der Waals surface area contributed by atoms with Gasteiger partial charge in [0.1, 0.15) is 16.8 Å². The maximum absolute atomic E-state index is 12.5. The van der Waals surface area contributed by atoms with Crippen molar-refractivity contribution in [3.05, 3.63) is 47.2 Å². The average Bonchev–Trinajstić information content (AvgIpc) is 3.58. The standard InChI is InChI=1S/C17H14N4O12S2.4K/c22-14-8(12(16(24)25)18-20(14)6-10(20)34(28,29)30)4-2-1-3-5-9-13(17(26)27)19-21(15(9)23)7-11(21)35(31,32)33;;;;/h1-5,10-11H,6-7H2,(H3-2,18,19,22,23,24,25,26,27,28,29,30,31,32,33);;;;/q;4*+1/p-2. The fourth-order valence-electron chi connectivity index (χ4n) is 3.86. The summed E-state index contributed by atoms with van der Waals surface area (Å²) < 4.78 is 64.9. The van der Waals surface area contributed by atoms with E-state index in [1.54, 1.807) is 0 Å². The predicted molar refractivity (Wildman–Crippen MR) is 101 cm³/mol. The molecule has 4 heterocycles. The zero-order valence-electron chi connectivity index (χ0n) is 21.0. The van der Waals surface area contributed by atoms with Crippen molar-refractivity contribution in [1.82, 2.24) is 5.43 Å². The first-order valence-corrected chi connectivity index (χ1v) is 12.4. The summed E-state index contributed by atoms with van der Waals surface area (Å²) in [5.41, 5.74) is -0.503. The second kappa shape index (κ2) is 15.1. The summed E-state index contributed by atoms with van der Waals surface area (Å²) >= 11 is 0. The van der Waals surface area contributed by atoms with Crippen molar-refractivity contribution in [3.8, 4) is 0 Å². The van der Waals surface area contributed by atoms with E-state index in [0.29, 0.717) is 0 Å². The third-order valence-electron chi connectivity index (χ3n) is 5.68. The monoisotopic (exact) mass is 684 g/mol. The number of carboxylic acids is 2. The van der Waals surface area contributed by atoms with Crippen LogP contribution in [0.3, 0.4) is 0 Å². The molecule has 4 unspecified atom stereocenters. The van der Waals surface area contributed by atoms with Gasteiger partial charge >= 0.3 is 217 Å². The normalized spacial score (nSPS) is 30.0. The van der Waals surface area contributed by atoms with Gasteiger partial charge in [0, 0.05) is 0 Å². The Balaban J connectivity index is 0.00000361. The Kier molecular flexibility index (Phi) is 16.2. The van der Waals surface area contributed by atoms with Crippen LogP contribution in [0.15, 0.2) is 52.3 Å². The van der Waals surface area contributed by atoms with Crippen LogP contribution in [0.2, 0.25) is 0 Å². The zero-order valence-corrected chi connectivity index (χ0v) is 35.1. The first kappa shape index (κ1) is 42.0. The molecule has 0 aromatic rings. The Morgan fingerprint density at radius 1 is 0.846 bits per heavy atom. The molecule has 0 aliphatic carbocycles. The number of nitrogens with one attached hydrogen (secondary N) is 1. The van der Waals surface area contributed by atoms with E-state index in [0.717, 1.165) is 30.4 Å². The molecule has 1 N–H and O–H groups in total. The molecule has 4 aliphatic heterocycles. The summed E-state index contributed by atoms with van der Waals surface area (Å²) in [6.45, 7) is -1.01. The van der Waals surface area contributed by atoms with Crippen LogP contribution >= 0.6 is 0 Å². The third-order valence-corrected chi connectivity index (χ3v) is 8.02. The van der Waals surface area contributed by atoms with Gasteiger partial charge in [0.25, 0.3) is 10.7 Å². The summed E-state index contributed by atoms with van der Waals surface area (Å²) in [6, 6.07) is 0. The van der Waals surface area contributed by atoms with Gasteiger partial charge in [-0.15, -0.1) is 9.18 Å². The number of nitrogens with zero attached hydrogens (tertiary/aromatic N) is 3. The Morgan fingerprint density at radius 2 is 1.41 bits per heavy atom. The number of carbonyl (C=O) groups excluding carboxylic acids is 4. The van der Waals surface area contributed by atoms with Crippen molar-refractivity contribution in [2.24, 2.45) is 5.10 Å². The molecule has 2 amide bonds. The van der Waals surface area contributed by atoms with Crippen molar-refractivity contribution in [2.45, 2.75) is 10.7 Å². The molecule has 0 aromatic heterocycles. The molecule has 0 saturated carbocycles. The van der Waals surface area contributed by atoms with Crippen LogP contribution in [0.5, 0.6) is 0 Å². The summed E-state index contributed by atoms with van der Waals surface area (Å²) in [4.78, 5) is 47.7. The van der Waals surface area contributed by atoms with Gasteiger partial charge < -0.3 is 28.9 Å². The van der Waals surface area contributed by atoms with Gasteiger partial charge in [0.05, 0.1) is 11.9 Å². The van der Waals surface area contributed by atoms with Gasteiger partial charge in [-0.25, -0.2) is 31.9 Å². The maximum Gasteiger partial charge on any atom is 1.00 e. The smallest absolute Gasteiger partial charge is 0.743 e. The van der Waals surface area contributed by atoms with E-state index >= 15 is 0 Å². The Labute approximate surface area is 391 Å². The largest absolute Gasteiger partial charge is 1.00 e. The van der Waals surface area contributed by atoms with E-state index in [-0.39, 0.29) is 206 Å². The van der Waals surface area contributed by atoms with E-state index < -0.39 is 99.6 Å². The fraction of sp³-hybridized carbons (Fsp3) is 0.235. The predicted octanol–water partition coefficient (Wildman–Crippen LogP) is -17.9. The molecule has 186 valence electrons. The van der Waals surface area contributed by atoms with Crippen molar-refractivity contribution in [1.29, 1.82) is 0 Å². The molecule has 22 heteroatoms. The van der Waals surface area contributed by atoms with Crippen LogP contribution in [0.1, 0.15) is 0 Å². The second-order valence-electron chi connectivity index (χ2n) is 7.81. The second-order valence-corrected chi connectivity index (χ2v) is 10.9. The van der Waals surface area contributed by atoms with Crippen LogP contribution in [-0.2, 0) is 39.4 Å². The number of rotatable bonds is 7. The van der Waals surface area contributed by atoms with Gasteiger partial charge in [0.15, 0.2) is 39.0 Å². The first-order chi connectivity index (χ1) is 16.1. The molecular weight excluding hydrogens is 673 g/mol. The molecule has 2 spiro atoms. The Hall–Kier alpha value is 3.00. The topological polar surface area (TPSA) is 253 Å². The van der Waals surface area contributed by atoms with Gasteiger partial charge in [-0.05, 0) is 12.2 Å². The van der Waals surface area contributed by atoms with E-state index in [1.807, 2.05) is 0 Å². The number of aliphatic carboxylic acids is 2. The molecular formula is C17H12K4N4O12S2+2. The summed E-state index contributed by atoms with van der Waals surface area (Å²) in [6.07, 6.45) is 5.18. The summed E-state index contributed by atoms with van der Waals surface area (Å²) in [5, 5.41) is 22.7. The van der Waals surface area contributed by atoms with E-state index in [9.17, 15) is 55.3 Å². The van der Waals surface area contributed by atoms with E-state index in [4.69, 9.17) is 0 Å². The van der Waals surface area contributed by atoms with Crippen LogP contribution in [-0.4, -0.2) is 88.4 Å². The van der Waals surface area contributed by atoms with Gasteiger partial charge in [0.2, 0.25) is 0 Å². The SMILES string of the molecule is O=C([O-])C1=N[N+]2(CC2S(=O)(=O)[O-])C(=O)/C1=C\C=CC=CC1=C(C(=O)[O-])N[N+]2(CC2S(=O)(=O)[O-])C1=O.[K+].[K+].[K+].[K+]. The van der Waals surface area contributed by atoms with Crippen LogP contribution in [0.25, 0.3) is 0 Å². The molecule has 4 atom stereocenters. The molecule has 39 heavy (non-hydrogen) atoms. The molecule has 0 radical (unpaired) electrons. The van der Waals surface area contributed by atoms with Crippen molar-refractivity contribution < 1.29 is 270 Å². The summed E-state index contributed by atoms with van der Waals surface area (Å²) in [5.74, 6) is -5.79. The molecule has 16 nitrogen and oxygen atoms in total. The number of carbonyl (C=O) groups is 4. The minimum absolute atomic E-state index is 0. The van der Waals surface area contributed by atoms with Crippen LogP contribution < -0.4 is 221 Å². The van der Waals surface area contributed by atoms with Crippen LogP contribution in [0.4, 0.5) is 0 Å². The first-order valence-electron chi connectivity index (χ1n) is 9.42. The maximum atomic E-state index is 12.5. The minimum atomic E-state index is -4.93. The number of carboxylic acid groups (broad SMARTS) is 2. The van der Waals surface area contributed by atoms with Gasteiger partial charge in [-0.2, -0.15) is 0 Å². The third kappa shape index (κ3) is 8.24. The van der Waals surface area contributed by atoms with Crippen LogP contribution in [0, 0.1) is 0 Å². The Bertz CT molecular complexity index is 1500. The number of quaternary nitrogens is 2. The summed E-state index contributed by atoms with van der Waals surface area (Å²) in [7, 11) is -9.83. The molecule has 4 rings (SSSR count). The zero-order chi connectivity index (χ0) is 26.1. The number of hydrogen-bond acceptors (Lipinski definition) is 14. The minimum Gasteiger partial charge on any atom is -0.743 e. The van der Waals surface area contributed by atoms with Crippen molar-refractivity contribution in [2.75, 3.05) is 13.1 Å². The number of amides is 2. The number of allylic oxidation sites excluding steroid dienone is 4. The molecule has 0 bridgehead atoms. The molecule has 0 aromatic carbocycles. The molecule has 4 aliphatic rings. The van der Waals surface area contributed by atoms with Gasteiger partial charge in [-0.1, -0.05) is 23.3 Å². The number of hydrogen-bond donors (Lipinski definition) is 1.